The molecule has 1 aromatic carbocycles. The molecule has 21 heavy (non-hydrogen) atoms. The van der Waals surface area contributed by atoms with E-state index in [4.69, 9.17) is 9.47 Å². The van der Waals surface area contributed by atoms with Crippen molar-refractivity contribution in [2.24, 2.45) is 0 Å². The highest BCUT2D eigenvalue weighted by molar-refractivity contribution is 9.10. The van der Waals surface area contributed by atoms with Crippen LogP contribution < -0.4 is 14.8 Å². The van der Waals surface area contributed by atoms with E-state index in [1.165, 1.54) is 6.92 Å². The van der Waals surface area contributed by atoms with Crippen molar-refractivity contribution in [3.05, 3.63) is 22.2 Å². The second-order valence-corrected chi connectivity index (χ2v) is 5.91. The summed E-state index contributed by atoms with van der Waals surface area (Å²) in [4.78, 5) is 0. The summed E-state index contributed by atoms with van der Waals surface area (Å²) in [5.41, 5.74) is 0.847. The van der Waals surface area contributed by atoms with E-state index in [1.54, 1.807) is 6.07 Å². The summed E-state index contributed by atoms with van der Waals surface area (Å²) in [6, 6.07) is 3.00. The zero-order chi connectivity index (χ0) is 15.5. The average molecular weight is 368 g/mol. The Morgan fingerprint density at radius 3 is 2.71 bits per heavy atom. The van der Waals surface area contributed by atoms with E-state index in [-0.39, 0.29) is 0 Å². The highest BCUT2D eigenvalue weighted by Crippen LogP contribution is 2.38. The number of hydrogen-bond acceptors (Lipinski definition) is 3. The number of ether oxygens (including phenoxy) is 2. The van der Waals surface area contributed by atoms with Crippen LogP contribution in [0.4, 0.5) is 13.2 Å². The van der Waals surface area contributed by atoms with Crippen molar-refractivity contribution in [2.75, 3.05) is 13.2 Å². The number of alkyl halides is 3. The van der Waals surface area contributed by atoms with Gasteiger partial charge in [0.05, 0.1) is 24.1 Å². The van der Waals surface area contributed by atoms with E-state index < -0.39 is 18.6 Å². The van der Waals surface area contributed by atoms with Crippen LogP contribution >= 0.6 is 15.9 Å². The van der Waals surface area contributed by atoms with Crippen LogP contribution in [-0.4, -0.2) is 25.4 Å². The van der Waals surface area contributed by atoms with E-state index in [1.807, 2.05) is 6.07 Å². The molecule has 3 nitrogen and oxygen atoms in total. The smallest absolute Gasteiger partial charge is 0.390 e. The maximum atomic E-state index is 12.3. The fourth-order valence-electron chi connectivity index (χ4n) is 2.10. The molecule has 1 aromatic rings. The van der Waals surface area contributed by atoms with Crippen LogP contribution in [0, 0.1) is 0 Å². The molecule has 0 saturated heterocycles. The first kappa shape index (κ1) is 16.4. The van der Waals surface area contributed by atoms with Crippen molar-refractivity contribution in [2.45, 2.75) is 38.5 Å². The van der Waals surface area contributed by atoms with Gasteiger partial charge in [-0.25, -0.2) is 0 Å². The summed E-state index contributed by atoms with van der Waals surface area (Å²) in [6.07, 6.45) is -4.20. The standard InChI is InChI=1S/C14H17BrF3NO2/c1-9(7-14(16,17)18)19-8-10-5-11(15)13-12(6-10)20-3-2-4-21-13/h5-6,9,19H,2-4,7-8H2,1H3. The molecular weight excluding hydrogens is 351 g/mol. The summed E-state index contributed by atoms with van der Waals surface area (Å²) >= 11 is 3.41. The SMILES string of the molecule is CC(CC(F)(F)F)NCc1cc(Br)c2c(c1)OCCCO2. The quantitative estimate of drug-likeness (QED) is 0.870. The van der Waals surface area contributed by atoms with Crippen LogP contribution in [0.3, 0.4) is 0 Å². The lowest BCUT2D eigenvalue weighted by atomic mass is 10.1. The Hall–Kier alpha value is -0.950. The highest BCUT2D eigenvalue weighted by Gasteiger charge is 2.29. The number of fused-ring (bicyclic) bond motifs is 1. The van der Waals surface area contributed by atoms with Gasteiger partial charge in [-0.1, -0.05) is 0 Å². The fourth-order valence-corrected chi connectivity index (χ4v) is 2.70. The number of halogens is 4. The van der Waals surface area contributed by atoms with Crippen LogP contribution in [0.2, 0.25) is 0 Å². The molecule has 1 unspecified atom stereocenters. The third kappa shape index (κ3) is 5.07. The van der Waals surface area contributed by atoms with E-state index >= 15 is 0 Å². The van der Waals surface area contributed by atoms with Gasteiger partial charge in [-0.15, -0.1) is 0 Å². The summed E-state index contributed by atoms with van der Waals surface area (Å²) in [6.45, 7) is 3.02. The molecule has 0 spiro atoms. The van der Waals surface area contributed by atoms with Crippen molar-refractivity contribution in [3.63, 3.8) is 0 Å². The Morgan fingerprint density at radius 2 is 2.00 bits per heavy atom. The minimum absolute atomic E-state index is 0.340. The Balaban J connectivity index is 2.01. The number of hydrogen-bond donors (Lipinski definition) is 1. The van der Waals surface area contributed by atoms with E-state index in [2.05, 4.69) is 21.2 Å². The molecule has 0 radical (unpaired) electrons. The van der Waals surface area contributed by atoms with Gasteiger partial charge in [0.25, 0.3) is 0 Å². The average Bonchev–Trinajstić information content (AvgIpc) is 2.60. The van der Waals surface area contributed by atoms with E-state index in [9.17, 15) is 13.2 Å². The van der Waals surface area contributed by atoms with Crippen LogP contribution in [0.5, 0.6) is 11.5 Å². The van der Waals surface area contributed by atoms with Gasteiger partial charge >= 0.3 is 6.18 Å². The monoisotopic (exact) mass is 367 g/mol. The largest absolute Gasteiger partial charge is 0.490 e. The Morgan fingerprint density at radius 1 is 1.29 bits per heavy atom. The van der Waals surface area contributed by atoms with Crippen molar-refractivity contribution < 1.29 is 22.6 Å². The van der Waals surface area contributed by atoms with Crippen molar-refractivity contribution in [1.29, 1.82) is 0 Å². The summed E-state index contributed by atoms with van der Waals surface area (Å²) in [7, 11) is 0. The molecule has 0 saturated carbocycles. The Bertz CT molecular complexity index is 494. The van der Waals surface area contributed by atoms with Crippen LogP contribution in [0.1, 0.15) is 25.3 Å². The highest BCUT2D eigenvalue weighted by atomic mass is 79.9. The first-order chi connectivity index (χ1) is 9.85. The lowest BCUT2D eigenvalue weighted by Crippen LogP contribution is -2.30. The molecule has 0 aromatic heterocycles. The molecule has 0 fully saturated rings. The lowest BCUT2D eigenvalue weighted by Gasteiger charge is -2.17. The van der Waals surface area contributed by atoms with Gasteiger partial charge < -0.3 is 14.8 Å². The number of nitrogens with one attached hydrogen (secondary N) is 1. The molecule has 1 N–H and O–H groups in total. The molecule has 0 amide bonds. The van der Waals surface area contributed by atoms with Gasteiger partial charge in [-0.05, 0) is 40.5 Å². The number of rotatable bonds is 4. The van der Waals surface area contributed by atoms with Crippen molar-refractivity contribution in [3.8, 4) is 11.5 Å². The Labute approximate surface area is 129 Å². The molecule has 1 atom stereocenters. The van der Waals surface area contributed by atoms with Crippen LogP contribution in [0.25, 0.3) is 0 Å². The Kier molecular flexibility index (Phi) is 5.37. The van der Waals surface area contributed by atoms with Crippen LogP contribution in [0.15, 0.2) is 16.6 Å². The molecule has 118 valence electrons. The predicted octanol–water partition coefficient (Wildman–Crippen LogP) is 4.04. The maximum Gasteiger partial charge on any atom is 0.390 e. The minimum Gasteiger partial charge on any atom is -0.490 e. The van der Waals surface area contributed by atoms with Gasteiger partial charge in [0.2, 0.25) is 0 Å². The predicted molar refractivity (Wildman–Crippen MR) is 76.7 cm³/mol. The second kappa shape index (κ2) is 6.87. The molecule has 0 bridgehead atoms. The third-order valence-corrected chi connectivity index (χ3v) is 3.64. The zero-order valence-electron chi connectivity index (χ0n) is 11.6. The molecular formula is C14H17BrF3NO2. The van der Waals surface area contributed by atoms with Crippen molar-refractivity contribution in [1.82, 2.24) is 5.32 Å². The summed E-state index contributed by atoms with van der Waals surface area (Å²) in [5, 5.41) is 2.87. The van der Waals surface area contributed by atoms with Gasteiger partial charge in [0, 0.05) is 19.0 Å². The molecule has 1 heterocycles. The van der Waals surface area contributed by atoms with E-state index in [0.29, 0.717) is 31.3 Å². The lowest BCUT2D eigenvalue weighted by molar-refractivity contribution is -0.139. The topological polar surface area (TPSA) is 30.5 Å². The minimum atomic E-state index is -4.16. The summed E-state index contributed by atoms with van der Waals surface area (Å²) < 4.78 is 48.8. The fraction of sp³-hybridized carbons (Fsp3) is 0.571. The first-order valence-corrected chi connectivity index (χ1v) is 7.52. The van der Waals surface area contributed by atoms with Gasteiger partial charge in [-0.2, -0.15) is 13.2 Å². The molecule has 2 rings (SSSR count). The number of benzene rings is 1. The van der Waals surface area contributed by atoms with Crippen LogP contribution in [-0.2, 0) is 6.54 Å². The maximum absolute atomic E-state index is 12.3. The molecule has 1 aliphatic rings. The van der Waals surface area contributed by atoms with Crippen molar-refractivity contribution >= 4 is 15.9 Å². The molecule has 7 heteroatoms. The molecule has 1 aliphatic heterocycles. The molecule has 0 aliphatic carbocycles. The summed E-state index contributed by atoms with van der Waals surface area (Å²) in [5.74, 6) is 1.28. The normalized spacial score (nSPS) is 16.4. The first-order valence-electron chi connectivity index (χ1n) is 6.73. The van der Waals surface area contributed by atoms with Gasteiger partial charge in [0.15, 0.2) is 11.5 Å². The third-order valence-electron chi connectivity index (χ3n) is 3.05. The van der Waals surface area contributed by atoms with E-state index in [0.717, 1.165) is 16.5 Å². The zero-order valence-corrected chi connectivity index (χ0v) is 13.2. The van der Waals surface area contributed by atoms with Gasteiger partial charge in [-0.3, -0.25) is 0 Å². The second-order valence-electron chi connectivity index (χ2n) is 5.06. The van der Waals surface area contributed by atoms with Gasteiger partial charge in [0.1, 0.15) is 0 Å².